The molecular weight excluding hydrogens is 250 g/mol. The highest BCUT2D eigenvalue weighted by Gasteiger charge is 2.17. The van der Waals surface area contributed by atoms with Gasteiger partial charge in [0.25, 0.3) is 0 Å². The van der Waals surface area contributed by atoms with E-state index in [0.29, 0.717) is 9.21 Å². The first kappa shape index (κ1) is 11.1. The Bertz CT molecular complexity index is 535. The summed E-state index contributed by atoms with van der Waals surface area (Å²) in [5.41, 5.74) is 1.50. The van der Waals surface area contributed by atoms with Gasteiger partial charge in [0.15, 0.2) is 0 Å². The van der Waals surface area contributed by atoms with Crippen molar-refractivity contribution in [2.24, 2.45) is 7.05 Å². The summed E-state index contributed by atoms with van der Waals surface area (Å²) in [6, 6.07) is 1.68. The number of methoxy groups -OCH3 is 1. The molecule has 2 rings (SSSR count). The van der Waals surface area contributed by atoms with Crippen molar-refractivity contribution in [3.8, 4) is 11.3 Å². The second-order valence-electron chi connectivity index (χ2n) is 3.03. The molecule has 0 unspecified atom stereocenters. The first-order chi connectivity index (χ1) is 7.63. The minimum atomic E-state index is -0.395. The molecule has 7 heteroatoms. The van der Waals surface area contributed by atoms with Gasteiger partial charge in [-0.05, 0) is 6.07 Å². The van der Waals surface area contributed by atoms with Gasteiger partial charge in [-0.3, -0.25) is 0 Å². The molecule has 0 spiro atoms. The number of hydrogen-bond acceptors (Lipinski definition) is 5. The van der Waals surface area contributed by atoms with Crippen LogP contribution in [0.2, 0.25) is 4.34 Å². The van der Waals surface area contributed by atoms with E-state index >= 15 is 0 Å². The van der Waals surface area contributed by atoms with Crippen LogP contribution in [0.1, 0.15) is 9.67 Å². The Kier molecular flexibility index (Phi) is 2.93. The van der Waals surface area contributed by atoms with Crippen molar-refractivity contribution in [1.29, 1.82) is 0 Å². The SMILES string of the molecule is COC(=O)c1cc(-c2cnnn2C)c(Cl)s1. The molecule has 0 aliphatic carbocycles. The molecule has 0 fully saturated rings. The summed E-state index contributed by atoms with van der Waals surface area (Å²) in [6.45, 7) is 0. The number of halogens is 1. The number of nitrogens with zero attached hydrogens (tertiary/aromatic N) is 3. The summed E-state index contributed by atoms with van der Waals surface area (Å²) < 4.78 is 6.74. The molecular formula is C9H8ClN3O2S. The van der Waals surface area contributed by atoms with E-state index in [4.69, 9.17) is 11.6 Å². The number of rotatable bonds is 2. The normalized spacial score (nSPS) is 10.4. The average molecular weight is 258 g/mol. The van der Waals surface area contributed by atoms with Crippen molar-refractivity contribution in [3.63, 3.8) is 0 Å². The van der Waals surface area contributed by atoms with Gasteiger partial charge < -0.3 is 4.74 Å². The summed E-state index contributed by atoms with van der Waals surface area (Å²) in [5.74, 6) is -0.395. The fourth-order valence-corrected chi connectivity index (χ4v) is 2.49. The minimum absolute atomic E-state index is 0.395. The molecule has 0 radical (unpaired) electrons. The Morgan fingerprint density at radius 1 is 1.62 bits per heavy atom. The molecule has 16 heavy (non-hydrogen) atoms. The highest BCUT2D eigenvalue weighted by Crippen LogP contribution is 2.35. The van der Waals surface area contributed by atoms with Crippen LogP contribution in [-0.4, -0.2) is 28.1 Å². The molecule has 0 N–H and O–H groups in total. The summed E-state index contributed by atoms with van der Waals surface area (Å²) >= 11 is 7.23. The molecule has 0 aromatic carbocycles. The van der Waals surface area contributed by atoms with Crippen LogP contribution in [0.25, 0.3) is 11.3 Å². The number of aromatic nitrogens is 3. The van der Waals surface area contributed by atoms with Gasteiger partial charge in [-0.15, -0.1) is 16.4 Å². The second kappa shape index (κ2) is 4.23. The molecule has 0 aliphatic heterocycles. The largest absolute Gasteiger partial charge is 0.465 e. The fraction of sp³-hybridized carbons (Fsp3) is 0.222. The van der Waals surface area contributed by atoms with Gasteiger partial charge >= 0.3 is 5.97 Å². The Hall–Kier alpha value is -1.40. The van der Waals surface area contributed by atoms with Crippen molar-refractivity contribution >= 4 is 28.9 Å². The number of ether oxygens (including phenoxy) is 1. The zero-order valence-corrected chi connectivity index (χ0v) is 10.2. The monoisotopic (exact) mass is 257 g/mol. The Balaban J connectivity index is 2.47. The number of carbonyl (C=O) groups is 1. The summed E-state index contributed by atoms with van der Waals surface area (Å²) in [4.78, 5) is 11.8. The van der Waals surface area contributed by atoms with Gasteiger partial charge in [0, 0.05) is 12.6 Å². The maximum absolute atomic E-state index is 11.3. The lowest BCUT2D eigenvalue weighted by atomic mass is 10.2. The summed E-state index contributed by atoms with van der Waals surface area (Å²) in [7, 11) is 3.09. The van der Waals surface area contributed by atoms with E-state index in [0.717, 1.165) is 11.3 Å². The van der Waals surface area contributed by atoms with E-state index in [9.17, 15) is 4.79 Å². The summed E-state index contributed by atoms with van der Waals surface area (Å²) in [6.07, 6.45) is 1.59. The molecule has 2 heterocycles. The molecule has 0 saturated heterocycles. The van der Waals surface area contributed by atoms with Gasteiger partial charge in [0.2, 0.25) is 0 Å². The zero-order chi connectivity index (χ0) is 11.7. The van der Waals surface area contributed by atoms with E-state index in [1.807, 2.05) is 0 Å². The lowest BCUT2D eigenvalue weighted by molar-refractivity contribution is 0.0606. The molecule has 84 valence electrons. The highest BCUT2D eigenvalue weighted by molar-refractivity contribution is 7.18. The zero-order valence-electron chi connectivity index (χ0n) is 8.60. The second-order valence-corrected chi connectivity index (χ2v) is 4.69. The van der Waals surface area contributed by atoms with Crippen LogP contribution in [-0.2, 0) is 11.8 Å². The van der Waals surface area contributed by atoms with Crippen LogP contribution in [0.15, 0.2) is 12.3 Å². The molecule has 2 aromatic rings. The van der Waals surface area contributed by atoms with Gasteiger partial charge in [0.05, 0.1) is 19.0 Å². The quantitative estimate of drug-likeness (QED) is 0.772. The molecule has 0 saturated carbocycles. The molecule has 0 amide bonds. The first-order valence-electron chi connectivity index (χ1n) is 4.36. The maximum Gasteiger partial charge on any atom is 0.348 e. The standard InChI is InChI=1S/C9H8ClN3O2S/c1-13-6(4-11-12-13)5-3-7(9(14)15-2)16-8(5)10/h3-4H,1-2H3. The molecule has 2 aromatic heterocycles. The predicted molar refractivity (Wildman–Crippen MR) is 60.7 cm³/mol. The van der Waals surface area contributed by atoms with Gasteiger partial charge in [-0.2, -0.15) is 0 Å². The number of thiophene rings is 1. The Morgan fingerprint density at radius 3 is 2.94 bits per heavy atom. The minimum Gasteiger partial charge on any atom is -0.465 e. The number of aryl methyl sites for hydroxylation is 1. The Labute approximate surface area is 101 Å². The van der Waals surface area contributed by atoms with Crippen LogP contribution in [0.5, 0.6) is 0 Å². The topological polar surface area (TPSA) is 57.0 Å². The van der Waals surface area contributed by atoms with Crippen LogP contribution in [0, 0.1) is 0 Å². The molecule has 0 aliphatic rings. The smallest absolute Gasteiger partial charge is 0.348 e. The highest BCUT2D eigenvalue weighted by atomic mass is 35.5. The van der Waals surface area contributed by atoms with Crippen molar-refractivity contribution in [3.05, 3.63) is 21.5 Å². The Morgan fingerprint density at radius 2 is 2.38 bits per heavy atom. The fourth-order valence-electron chi connectivity index (χ4n) is 1.28. The first-order valence-corrected chi connectivity index (χ1v) is 5.55. The van der Waals surface area contributed by atoms with E-state index in [1.54, 1.807) is 24.0 Å². The molecule has 5 nitrogen and oxygen atoms in total. The predicted octanol–water partition coefficient (Wildman–Crippen LogP) is 1.98. The lowest BCUT2D eigenvalue weighted by Crippen LogP contribution is -1.97. The van der Waals surface area contributed by atoms with E-state index in [1.165, 1.54) is 18.4 Å². The third-order valence-electron chi connectivity index (χ3n) is 2.06. The van der Waals surface area contributed by atoms with E-state index in [2.05, 4.69) is 15.0 Å². The average Bonchev–Trinajstić information content (AvgIpc) is 2.83. The van der Waals surface area contributed by atoms with Crippen molar-refractivity contribution in [2.75, 3.05) is 7.11 Å². The molecule has 0 bridgehead atoms. The third-order valence-corrected chi connectivity index (χ3v) is 3.40. The van der Waals surface area contributed by atoms with Gasteiger partial charge in [0.1, 0.15) is 9.21 Å². The third kappa shape index (κ3) is 1.81. The number of esters is 1. The summed E-state index contributed by atoms with van der Waals surface area (Å²) in [5, 5.41) is 7.56. The van der Waals surface area contributed by atoms with Gasteiger partial charge in [-0.1, -0.05) is 16.8 Å². The van der Waals surface area contributed by atoms with Crippen LogP contribution in [0.4, 0.5) is 0 Å². The van der Waals surface area contributed by atoms with E-state index in [-0.39, 0.29) is 0 Å². The lowest BCUT2D eigenvalue weighted by Gasteiger charge is -1.96. The van der Waals surface area contributed by atoms with Gasteiger partial charge in [-0.25, -0.2) is 9.48 Å². The van der Waals surface area contributed by atoms with Crippen molar-refractivity contribution < 1.29 is 9.53 Å². The van der Waals surface area contributed by atoms with E-state index < -0.39 is 5.97 Å². The molecule has 0 atom stereocenters. The van der Waals surface area contributed by atoms with Crippen molar-refractivity contribution in [2.45, 2.75) is 0 Å². The number of carbonyl (C=O) groups excluding carboxylic acids is 1. The van der Waals surface area contributed by atoms with Crippen LogP contribution >= 0.6 is 22.9 Å². The maximum atomic E-state index is 11.3. The van der Waals surface area contributed by atoms with Crippen LogP contribution < -0.4 is 0 Å². The van der Waals surface area contributed by atoms with Crippen LogP contribution in [0.3, 0.4) is 0 Å². The van der Waals surface area contributed by atoms with Crippen molar-refractivity contribution in [1.82, 2.24) is 15.0 Å². The number of hydrogen-bond donors (Lipinski definition) is 0.